The number of rotatable bonds is 2. The van der Waals surface area contributed by atoms with Crippen molar-refractivity contribution in [2.45, 2.75) is 0 Å². The first-order valence-corrected chi connectivity index (χ1v) is 6.36. The van der Waals surface area contributed by atoms with Gasteiger partial charge in [0.05, 0.1) is 13.1 Å². The summed E-state index contributed by atoms with van der Waals surface area (Å²) in [7, 11) is 0.529. The Balaban J connectivity index is 2.16. The van der Waals surface area contributed by atoms with Gasteiger partial charge in [0, 0.05) is 10.5 Å². The molecule has 0 spiro atoms. The summed E-state index contributed by atoms with van der Waals surface area (Å²) >= 11 is 5.81. The minimum atomic E-state index is -1.11. The molecule has 1 heterocycles. The number of nitrogens with zero attached hydrogens (tertiary/aromatic N) is 1. The molecule has 2 rings (SSSR count). The first-order valence-electron chi connectivity index (χ1n) is 5.98. The summed E-state index contributed by atoms with van der Waals surface area (Å²) in [6, 6.07) is 6.80. The van der Waals surface area contributed by atoms with Crippen molar-refractivity contribution in [2.75, 3.05) is 20.1 Å². The molecule has 20 heavy (non-hydrogen) atoms. The smallest absolute Gasteiger partial charge is 0.494 e. The van der Waals surface area contributed by atoms with Crippen LogP contribution < -0.4 is 0 Å². The van der Waals surface area contributed by atoms with E-state index in [0.29, 0.717) is 16.1 Å². The third-order valence-electron chi connectivity index (χ3n) is 2.77. The fourth-order valence-electron chi connectivity index (χ4n) is 1.78. The summed E-state index contributed by atoms with van der Waals surface area (Å²) in [4.78, 5) is 24.8. The molecular weight excluding hydrogens is 280 g/mol. The van der Waals surface area contributed by atoms with Crippen molar-refractivity contribution in [3.8, 4) is 0 Å². The van der Waals surface area contributed by atoms with E-state index in [1.165, 1.54) is 4.90 Å². The number of likely N-dealkylation sites (N-methyl/N-ethyl adjacent to an activating group) is 1. The second-order valence-corrected chi connectivity index (χ2v) is 4.95. The fourth-order valence-corrected chi connectivity index (χ4v) is 1.90. The Hall–Kier alpha value is -1.79. The van der Waals surface area contributed by atoms with E-state index in [2.05, 4.69) is 6.58 Å². The zero-order chi connectivity index (χ0) is 14.7. The second-order valence-electron chi connectivity index (χ2n) is 4.52. The largest absolute Gasteiger partial charge is 0.636 e. The predicted octanol–water partition coefficient (Wildman–Crippen LogP) is 1.41. The van der Waals surface area contributed by atoms with E-state index in [1.54, 1.807) is 31.3 Å². The molecule has 0 saturated carbocycles. The van der Waals surface area contributed by atoms with Gasteiger partial charge in [0.25, 0.3) is 0 Å². The minimum absolute atomic E-state index is 0.0273. The highest BCUT2D eigenvalue weighted by Gasteiger charge is 2.35. The third kappa shape index (κ3) is 3.62. The molecule has 1 saturated heterocycles. The molecule has 0 unspecified atom stereocenters. The summed E-state index contributed by atoms with van der Waals surface area (Å²) < 4.78 is 10.2. The van der Waals surface area contributed by atoms with Crippen LogP contribution in [0.4, 0.5) is 0 Å². The number of benzene rings is 1. The van der Waals surface area contributed by atoms with Gasteiger partial charge in [-0.3, -0.25) is 14.5 Å². The van der Waals surface area contributed by atoms with Gasteiger partial charge in [0.15, 0.2) is 0 Å². The van der Waals surface area contributed by atoms with Gasteiger partial charge >= 0.3 is 19.1 Å². The number of halogens is 1. The summed E-state index contributed by atoms with van der Waals surface area (Å²) in [5, 5.41) is 0.579. The predicted molar refractivity (Wildman–Crippen MR) is 75.9 cm³/mol. The van der Waals surface area contributed by atoms with Crippen molar-refractivity contribution in [3.05, 3.63) is 41.4 Å². The lowest BCUT2D eigenvalue weighted by atomic mass is 9.75. The van der Waals surface area contributed by atoms with Crippen LogP contribution in [0.15, 0.2) is 30.8 Å². The molecule has 5 nitrogen and oxygen atoms in total. The number of carbonyl (C=O) groups excluding carboxylic acids is 2. The van der Waals surface area contributed by atoms with E-state index in [4.69, 9.17) is 20.9 Å². The molecule has 0 radical (unpaired) electrons. The van der Waals surface area contributed by atoms with Crippen molar-refractivity contribution < 1.29 is 18.9 Å². The van der Waals surface area contributed by atoms with Gasteiger partial charge in [-0.15, -0.1) is 0 Å². The lowest BCUT2D eigenvalue weighted by Crippen LogP contribution is -2.42. The van der Waals surface area contributed by atoms with E-state index in [0.717, 1.165) is 0 Å². The van der Waals surface area contributed by atoms with Crippen LogP contribution in [0.1, 0.15) is 5.56 Å². The molecule has 104 valence electrons. The fraction of sp³-hybridized carbons (Fsp3) is 0.231. The molecule has 0 N–H and O–H groups in total. The van der Waals surface area contributed by atoms with E-state index < -0.39 is 19.1 Å². The molecule has 1 fully saturated rings. The van der Waals surface area contributed by atoms with Crippen LogP contribution in [0, 0.1) is 0 Å². The molecule has 1 aliphatic rings. The van der Waals surface area contributed by atoms with E-state index in [9.17, 15) is 9.59 Å². The maximum absolute atomic E-state index is 11.6. The standard InChI is InChI=1S/C13H13BClNO4/c1-9(10-3-5-11(15)6-4-10)14-19-12(17)7-16(2)8-13(18)20-14/h3-6H,1,7-8H2,2H3. The highest BCUT2D eigenvalue weighted by molar-refractivity contribution is 6.70. The van der Waals surface area contributed by atoms with Crippen LogP contribution in [0.25, 0.3) is 5.47 Å². The monoisotopic (exact) mass is 293 g/mol. The Morgan fingerprint density at radius 3 is 2.20 bits per heavy atom. The SMILES string of the molecule is C=C(B1OC(=O)CN(C)CC(=O)O1)c1ccc(Cl)cc1. The molecule has 1 aliphatic heterocycles. The van der Waals surface area contributed by atoms with Gasteiger partial charge in [-0.1, -0.05) is 30.3 Å². The highest BCUT2D eigenvalue weighted by atomic mass is 35.5. The lowest BCUT2D eigenvalue weighted by molar-refractivity contribution is -0.145. The zero-order valence-corrected chi connectivity index (χ0v) is 11.7. The Kier molecular flexibility index (Phi) is 4.47. The summed E-state index contributed by atoms with van der Waals surface area (Å²) in [6.07, 6.45) is 0. The van der Waals surface area contributed by atoms with Gasteiger partial charge in [-0.05, 0) is 24.7 Å². The van der Waals surface area contributed by atoms with Crippen LogP contribution in [0.3, 0.4) is 0 Å². The van der Waals surface area contributed by atoms with Crippen molar-refractivity contribution in [2.24, 2.45) is 0 Å². The second kappa shape index (κ2) is 6.11. The summed E-state index contributed by atoms with van der Waals surface area (Å²) in [5.74, 6) is -0.944. The van der Waals surface area contributed by atoms with E-state index >= 15 is 0 Å². The quantitative estimate of drug-likeness (QED) is 0.772. The molecule has 0 aromatic heterocycles. The normalized spacial score (nSPS) is 17.0. The van der Waals surface area contributed by atoms with E-state index in [1.807, 2.05) is 0 Å². The maximum Gasteiger partial charge on any atom is 0.636 e. The Morgan fingerprint density at radius 1 is 1.20 bits per heavy atom. The Morgan fingerprint density at radius 2 is 1.70 bits per heavy atom. The first-order chi connectivity index (χ1) is 9.45. The van der Waals surface area contributed by atoms with Crippen molar-refractivity contribution in [3.63, 3.8) is 0 Å². The summed E-state index contributed by atoms with van der Waals surface area (Å²) in [5.41, 5.74) is 1.09. The number of carbonyl (C=O) groups is 2. The van der Waals surface area contributed by atoms with Crippen LogP contribution >= 0.6 is 11.6 Å². The molecule has 0 bridgehead atoms. The first kappa shape index (κ1) is 14.6. The number of hydrogen-bond donors (Lipinski definition) is 0. The van der Waals surface area contributed by atoms with Gasteiger partial charge in [0.1, 0.15) is 0 Å². The average molecular weight is 294 g/mol. The molecule has 0 amide bonds. The molecule has 7 heteroatoms. The summed E-state index contributed by atoms with van der Waals surface area (Å²) in [6.45, 7) is 3.88. The van der Waals surface area contributed by atoms with Gasteiger partial charge in [-0.2, -0.15) is 0 Å². The van der Waals surface area contributed by atoms with Crippen LogP contribution in [-0.2, 0) is 18.9 Å². The number of hydrogen-bond acceptors (Lipinski definition) is 5. The van der Waals surface area contributed by atoms with E-state index in [-0.39, 0.29) is 13.1 Å². The molecule has 1 aromatic rings. The van der Waals surface area contributed by atoms with Crippen LogP contribution in [-0.4, -0.2) is 44.1 Å². The Labute approximate surface area is 122 Å². The van der Waals surface area contributed by atoms with Crippen molar-refractivity contribution >= 4 is 36.1 Å². The van der Waals surface area contributed by atoms with Gasteiger partial charge in [0.2, 0.25) is 0 Å². The van der Waals surface area contributed by atoms with Gasteiger partial charge in [-0.25, -0.2) is 0 Å². The molecule has 0 atom stereocenters. The zero-order valence-electron chi connectivity index (χ0n) is 11.0. The molecule has 1 aromatic carbocycles. The maximum atomic E-state index is 11.6. The average Bonchev–Trinajstić information content (AvgIpc) is 2.36. The van der Waals surface area contributed by atoms with Crippen molar-refractivity contribution in [1.29, 1.82) is 0 Å². The highest BCUT2D eigenvalue weighted by Crippen LogP contribution is 2.20. The Bertz CT molecular complexity index is 526. The van der Waals surface area contributed by atoms with Crippen molar-refractivity contribution in [1.82, 2.24) is 4.90 Å². The lowest BCUT2D eigenvalue weighted by Gasteiger charge is -2.23. The topological polar surface area (TPSA) is 55.8 Å². The molecule has 0 aliphatic carbocycles. The minimum Gasteiger partial charge on any atom is -0.494 e. The van der Waals surface area contributed by atoms with Gasteiger partial charge < -0.3 is 9.31 Å². The van der Waals surface area contributed by atoms with Crippen LogP contribution in [0.5, 0.6) is 0 Å². The van der Waals surface area contributed by atoms with Crippen LogP contribution in [0.2, 0.25) is 5.02 Å². The third-order valence-corrected chi connectivity index (χ3v) is 3.03. The molecular formula is C13H13BClNO4.